The van der Waals surface area contributed by atoms with Crippen LogP contribution in [0.15, 0.2) is 79.4 Å². The molecule has 31 heavy (non-hydrogen) atoms. The standard InChI is InChI=1S/C27H31N3O/c1-27(2,3)14-6-5-7-16-29(4)20-23-10-9-13-26(19-23)31-21-24-11-8-12-25(18-24)30-17-15-28-22-30/h5,7-13,15,17-19,22H,16,20-21H2,1-4H3. The van der Waals surface area contributed by atoms with Crippen LogP contribution < -0.4 is 4.74 Å². The molecule has 1 heterocycles. The lowest BCUT2D eigenvalue weighted by Crippen LogP contribution is -2.17. The van der Waals surface area contributed by atoms with Crippen molar-refractivity contribution in [1.82, 2.24) is 14.5 Å². The van der Waals surface area contributed by atoms with Crippen LogP contribution in [0.3, 0.4) is 0 Å². The Balaban J connectivity index is 1.53. The fraction of sp³-hybridized carbons (Fsp3) is 0.296. The molecule has 0 spiro atoms. The molecule has 0 N–H and O–H groups in total. The van der Waals surface area contributed by atoms with Crippen molar-refractivity contribution in [2.24, 2.45) is 5.41 Å². The van der Waals surface area contributed by atoms with Gasteiger partial charge in [0.1, 0.15) is 12.4 Å². The van der Waals surface area contributed by atoms with E-state index in [1.165, 1.54) is 5.56 Å². The minimum absolute atomic E-state index is 0.0392. The second kappa shape index (κ2) is 10.7. The fourth-order valence-electron chi connectivity index (χ4n) is 3.04. The lowest BCUT2D eigenvalue weighted by atomic mass is 9.98. The highest BCUT2D eigenvalue weighted by Gasteiger charge is 2.04. The maximum Gasteiger partial charge on any atom is 0.120 e. The molecule has 0 radical (unpaired) electrons. The normalized spacial score (nSPS) is 11.5. The third-order valence-corrected chi connectivity index (χ3v) is 4.53. The maximum atomic E-state index is 6.06. The van der Waals surface area contributed by atoms with Gasteiger partial charge in [0, 0.05) is 36.6 Å². The van der Waals surface area contributed by atoms with E-state index < -0.39 is 0 Å². The Kier molecular flexibility index (Phi) is 7.70. The van der Waals surface area contributed by atoms with E-state index in [4.69, 9.17) is 4.74 Å². The first-order chi connectivity index (χ1) is 14.9. The summed E-state index contributed by atoms with van der Waals surface area (Å²) in [5, 5.41) is 0. The Labute approximate surface area is 186 Å². The van der Waals surface area contributed by atoms with Crippen molar-refractivity contribution in [2.75, 3.05) is 13.6 Å². The number of aromatic nitrogens is 2. The molecule has 0 unspecified atom stereocenters. The third-order valence-electron chi connectivity index (χ3n) is 4.53. The Morgan fingerprint density at radius 2 is 1.90 bits per heavy atom. The molecule has 3 rings (SSSR count). The number of imidazole rings is 1. The van der Waals surface area contributed by atoms with Gasteiger partial charge < -0.3 is 9.30 Å². The van der Waals surface area contributed by atoms with Crippen molar-refractivity contribution in [1.29, 1.82) is 0 Å². The van der Waals surface area contributed by atoms with E-state index in [2.05, 4.69) is 86.0 Å². The van der Waals surface area contributed by atoms with Gasteiger partial charge in [-0.15, -0.1) is 0 Å². The van der Waals surface area contributed by atoms with Gasteiger partial charge in [-0.1, -0.05) is 42.2 Å². The minimum atomic E-state index is 0.0392. The molecule has 2 aromatic carbocycles. The van der Waals surface area contributed by atoms with Gasteiger partial charge in [-0.3, -0.25) is 4.90 Å². The molecular weight excluding hydrogens is 382 g/mol. The molecule has 4 heteroatoms. The Hall–Kier alpha value is -3.29. The predicted octanol–water partition coefficient (Wildman–Crippen LogP) is 5.49. The molecule has 1 aromatic heterocycles. The van der Waals surface area contributed by atoms with Crippen LogP contribution >= 0.6 is 0 Å². The summed E-state index contributed by atoms with van der Waals surface area (Å²) in [4.78, 5) is 6.36. The lowest BCUT2D eigenvalue weighted by molar-refractivity contribution is 0.304. The average Bonchev–Trinajstić information content (AvgIpc) is 3.27. The molecule has 0 amide bonds. The largest absolute Gasteiger partial charge is 0.489 e. The summed E-state index contributed by atoms with van der Waals surface area (Å²) in [6, 6.07) is 16.6. The van der Waals surface area contributed by atoms with Crippen LogP contribution in [0.25, 0.3) is 5.69 Å². The molecule has 0 saturated heterocycles. The molecule has 4 nitrogen and oxygen atoms in total. The number of likely N-dealkylation sites (N-methyl/N-ethyl adjacent to an activating group) is 1. The Morgan fingerprint density at radius 3 is 2.68 bits per heavy atom. The monoisotopic (exact) mass is 413 g/mol. The van der Waals surface area contributed by atoms with Crippen LogP contribution in [0.4, 0.5) is 0 Å². The average molecular weight is 414 g/mol. The van der Waals surface area contributed by atoms with Crippen molar-refractivity contribution in [3.05, 3.63) is 90.5 Å². The molecule has 0 bridgehead atoms. The summed E-state index contributed by atoms with van der Waals surface area (Å²) in [5.74, 6) is 7.21. The van der Waals surface area contributed by atoms with Gasteiger partial charge in [0.2, 0.25) is 0 Å². The number of hydrogen-bond donors (Lipinski definition) is 0. The molecule has 0 saturated carbocycles. The van der Waals surface area contributed by atoms with Crippen LogP contribution in [-0.4, -0.2) is 28.0 Å². The number of allylic oxidation sites excluding steroid dienone is 1. The summed E-state index contributed by atoms with van der Waals surface area (Å²) >= 11 is 0. The first-order valence-corrected chi connectivity index (χ1v) is 10.5. The zero-order valence-corrected chi connectivity index (χ0v) is 18.9. The molecular formula is C27H31N3O. The summed E-state index contributed by atoms with van der Waals surface area (Å²) in [5.41, 5.74) is 3.46. The van der Waals surface area contributed by atoms with Crippen molar-refractivity contribution >= 4 is 0 Å². The van der Waals surface area contributed by atoms with E-state index in [1.54, 1.807) is 12.5 Å². The van der Waals surface area contributed by atoms with Gasteiger partial charge in [-0.05, 0) is 69.3 Å². The van der Waals surface area contributed by atoms with Crippen LogP contribution in [0, 0.1) is 17.3 Å². The van der Waals surface area contributed by atoms with Gasteiger partial charge in [-0.2, -0.15) is 0 Å². The van der Waals surface area contributed by atoms with Crippen molar-refractivity contribution in [2.45, 2.75) is 33.9 Å². The van der Waals surface area contributed by atoms with E-state index in [9.17, 15) is 0 Å². The summed E-state index contributed by atoms with van der Waals surface area (Å²) < 4.78 is 8.05. The summed E-state index contributed by atoms with van der Waals surface area (Å²) in [7, 11) is 2.11. The predicted molar refractivity (Wildman–Crippen MR) is 127 cm³/mol. The highest BCUT2D eigenvalue weighted by molar-refractivity contribution is 5.36. The van der Waals surface area contributed by atoms with E-state index in [1.807, 2.05) is 35.0 Å². The maximum absolute atomic E-state index is 6.06. The lowest BCUT2D eigenvalue weighted by Gasteiger charge is -2.15. The van der Waals surface area contributed by atoms with Crippen molar-refractivity contribution in [3.63, 3.8) is 0 Å². The van der Waals surface area contributed by atoms with Gasteiger partial charge in [0.15, 0.2) is 0 Å². The van der Waals surface area contributed by atoms with E-state index in [0.29, 0.717) is 6.61 Å². The second-order valence-corrected chi connectivity index (χ2v) is 8.69. The van der Waals surface area contributed by atoms with Crippen molar-refractivity contribution < 1.29 is 4.74 Å². The van der Waals surface area contributed by atoms with Crippen LogP contribution in [0.5, 0.6) is 5.75 Å². The van der Waals surface area contributed by atoms with E-state index in [-0.39, 0.29) is 5.41 Å². The SMILES string of the molecule is CN(CC=CC#CC(C)(C)C)Cc1cccc(OCc2cccc(-n3ccnc3)c2)c1. The molecule has 0 aliphatic rings. The topological polar surface area (TPSA) is 30.3 Å². The van der Waals surface area contributed by atoms with Gasteiger partial charge in [0.05, 0.1) is 6.33 Å². The molecule has 0 fully saturated rings. The summed E-state index contributed by atoms with van der Waals surface area (Å²) in [6.45, 7) is 8.58. The Morgan fingerprint density at radius 1 is 1.10 bits per heavy atom. The smallest absolute Gasteiger partial charge is 0.120 e. The van der Waals surface area contributed by atoms with Crippen LogP contribution in [0.2, 0.25) is 0 Å². The summed E-state index contributed by atoms with van der Waals surface area (Å²) in [6.07, 6.45) is 9.56. The minimum Gasteiger partial charge on any atom is -0.489 e. The number of nitrogens with zero attached hydrogens (tertiary/aromatic N) is 3. The molecule has 160 valence electrons. The van der Waals surface area contributed by atoms with Crippen molar-refractivity contribution in [3.8, 4) is 23.3 Å². The molecule has 0 aliphatic heterocycles. The van der Waals surface area contributed by atoms with Crippen LogP contribution in [0.1, 0.15) is 31.9 Å². The number of hydrogen-bond acceptors (Lipinski definition) is 3. The molecule has 0 atom stereocenters. The van der Waals surface area contributed by atoms with Gasteiger partial charge in [0.25, 0.3) is 0 Å². The van der Waals surface area contributed by atoms with E-state index in [0.717, 1.165) is 30.1 Å². The zero-order valence-electron chi connectivity index (χ0n) is 18.9. The van der Waals surface area contributed by atoms with E-state index >= 15 is 0 Å². The Bertz CT molecular complexity index is 1050. The highest BCUT2D eigenvalue weighted by atomic mass is 16.5. The third kappa shape index (κ3) is 7.81. The quantitative estimate of drug-likeness (QED) is 0.458. The first-order valence-electron chi connectivity index (χ1n) is 10.5. The first kappa shape index (κ1) is 22.4. The molecule has 0 aliphatic carbocycles. The number of rotatable bonds is 8. The number of ether oxygens (including phenoxy) is 1. The molecule has 3 aromatic rings. The van der Waals surface area contributed by atoms with Gasteiger partial charge in [-0.25, -0.2) is 4.98 Å². The highest BCUT2D eigenvalue weighted by Crippen LogP contribution is 2.18. The fourth-order valence-corrected chi connectivity index (χ4v) is 3.04. The zero-order chi connectivity index (χ0) is 22.1. The number of benzene rings is 2. The van der Waals surface area contributed by atoms with Crippen LogP contribution in [-0.2, 0) is 13.2 Å². The van der Waals surface area contributed by atoms with Gasteiger partial charge >= 0.3 is 0 Å². The second-order valence-electron chi connectivity index (χ2n) is 8.69.